The monoisotopic (exact) mass is 244 g/mol. The van der Waals surface area contributed by atoms with Crippen molar-refractivity contribution in [1.82, 2.24) is 0 Å². The zero-order valence-corrected chi connectivity index (χ0v) is 9.76. The minimum Gasteiger partial charge on any atom is -0.265 e. The molecular formula is C11H13FO3S. The molecule has 0 N–H and O–H groups in total. The third-order valence-electron chi connectivity index (χ3n) is 2.52. The van der Waals surface area contributed by atoms with Gasteiger partial charge in [-0.3, -0.25) is 4.18 Å². The van der Waals surface area contributed by atoms with E-state index in [0.29, 0.717) is 17.0 Å². The van der Waals surface area contributed by atoms with Gasteiger partial charge in [-0.05, 0) is 36.0 Å². The number of hydrogen-bond donors (Lipinski definition) is 0. The van der Waals surface area contributed by atoms with E-state index in [2.05, 4.69) is 4.18 Å². The van der Waals surface area contributed by atoms with Crippen molar-refractivity contribution in [2.45, 2.75) is 25.4 Å². The molecule has 1 fully saturated rings. The second kappa shape index (κ2) is 4.14. The molecule has 0 saturated heterocycles. The average Bonchev–Trinajstić information content (AvgIpc) is 2.99. The Morgan fingerprint density at radius 1 is 1.44 bits per heavy atom. The summed E-state index contributed by atoms with van der Waals surface area (Å²) in [6.45, 7) is -0.0289. The maximum absolute atomic E-state index is 13.4. The average molecular weight is 244 g/mol. The fourth-order valence-corrected chi connectivity index (χ4v) is 1.92. The van der Waals surface area contributed by atoms with Crippen molar-refractivity contribution in [2.24, 2.45) is 0 Å². The summed E-state index contributed by atoms with van der Waals surface area (Å²) in [6.07, 6.45) is 3.01. The lowest BCUT2D eigenvalue weighted by Crippen LogP contribution is -2.03. The van der Waals surface area contributed by atoms with E-state index in [9.17, 15) is 12.8 Å². The van der Waals surface area contributed by atoms with E-state index in [1.54, 1.807) is 12.1 Å². The van der Waals surface area contributed by atoms with Crippen LogP contribution in [0.1, 0.15) is 29.9 Å². The van der Waals surface area contributed by atoms with E-state index >= 15 is 0 Å². The molecule has 3 nitrogen and oxygen atoms in total. The van der Waals surface area contributed by atoms with Crippen LogP contribution < -0.4 is 0 Å². The van der Waals surface area contributed by atoms with Crippen LogP contribution in [0.4, 0.5) is 4.39 Å². The summed E-state index contributed by atoms with van der Waals surface area (Å²) in [5, 5.41) is 0. The molecule has 0 aliphatic heterocycles. The zero-order valence-electron chi connectivity index (χ0n) is 8.94. The van der Waals surface area contributed by atoms with Gasteiger partial charge in [-0.1, -0.05) is 12.1 Å². The van der Waals surface area contributed by atoms with Crippen molar-refractivity contribution in [2.75, 3.05) is 6.26 Å². The number of halogens is 1. The summed E-state index contributed by atoms with van der Waals surface area (Å²) < 4.78 is 39.6. The molecule has 0 spiro atoms. The minimum absolute atomic E-state index is 0.0289. The van der Waals surface area contributed by atoms with Crippen molar-refractivity contribution in [3.8, 4) is 0 Å². The Labute approximate surface area is 94.4 Å². The molecule has 0 bridgehead atoms. The van der Waals surface area contributed by atoms with Gasteiger partial charge in [0.1, 0.15) is 5.82 Å². The molecule has 1 saturated carbocycles. The van der Waals surface area contributed by atoms with E-state index in [4.69, 9.17) is 0 Å². The van der Waals surface area contributed by atoms with Crippen molar-refractivity contribution in [3.63, 3.8) is 0 Å². The largest absolute Gasteiger partial charge is 0.265 e. The highest BCUT2D eigenvalue weighted by molar-refractivity contribution is 7.85. The van der Waals surface area contributed by atoms with Crippen LogP contribution in [-0.2, 0) is 20.9 Å². The Morgan fingerprint density at radius 3 is 2.69 bits per heavy atom. The Balaban J connectivity index is 2.13. The van der Waals surface area contributed by atoms with E-state index in [1.165, 1.54) is 6.07 Å². The molecule has 1 aromatic carbocycles. The highest BCUT2D eigenvalue weighted by Crippen LogP contribution is 2.41. The molecule has 16 heavy (non-hydrogen) atoms. The summed E-state index contributed by atoms with van der Waals surface area (Å²) in [5.74, 6) is 0.0868. The molecule has 0 heterocycles. The van der Waals surface area contributed by atoms with E-state index in [1.807, 2.05) is 0 Å². The topological polar surface area (TPSA) is 43.4 Å². The number of rotatable bonds is 4. The lowest BCUT2D eigenvalue weighted by atomic mass is 10.1. The molecule has 5 heteroatoms. The van der Waals surface area contributed by atoms with Crippen molar-refractivity contribution >= 4 is 10.1 Å². The van der Waals surface area contributed by atoms with Gasteiger partial charge >= 0.3 is 0 Å². The van der Waals surface area contributed by atoms with Crippen molar-refractivity contribution < 1.29 is 17.0 Å². The van der Waals surface area contributed by atoms with Crippen LogP contribution in [0, 0.1) is 5.82 Å². The van der Waals surface area contributed by atoms with Gasteiger partial charge in [-0.2, -0.15) is 8.42 Å². The molecule has 1 aromatic rings. The molecule has 1 aliphatic rings. The van der Waals surface area contributed by atoms with Gasteiger partial charge in [0.25, 0.3) is 10.1 Å². The fraction of sp³-hybridized carbons (Fsp3) is 0.455. The fourth-order valence-electron chi connectivity index (χ4n) is 1.57. The Morgan fingerprint density at radius 2 is 2.12 bits per heavy atom. The third kappa shape index (κ3) is 3.02. The Hall–Kier alpha value is -0.940. The molecule has 88 valence electrons. The molecule has 0 unspecified atom stereocenters. The quantitative estimate of drug-likeness (QED) is 0.762. The highest BCUT2D eigenvalue weighted by Gasteiger charge is 2.26. The summed E-state index contributed by atoms with van der Waals surface area (Å²) in [5.41, 5.74) is 1.36. The smallest absolute Gasteiger partial charge is 0.264 e. The van der Waals surface area contributed by atoms with Crippen molar-refractivity contribution in [1.29, 1.82) is 0 Å². The van der Waals surface area contributed by atoms with E-state index in [0.717, 1.165) is 19.1 Å². The molecule has 0 radical (unpaired) electrons. The maximum atomic E-state index is 13.4. The van der Waals surface area contributed by atoms with Gasteiger partial charge in [0.2, 0.25) is 0 Å². The van der Waals surface area contributed by atoms with Gasteiger partial charge in [0.15, 0.2) is 0 Å². The highest BCUT2D eigenvalue weighted by atomic mass is 32.2. The van der Waals surface area contributed by atoms with Gasteiger partial charge in [-0.25, -0.2) is 4.39 Å². The maximum Gasteiger partial charge on any atom is 0.264 e. The number of benzene rings is 1. The SMILES string of the molecule is CS(=O)(=O)OCc1ccc(F)c(C2CC2)c1. The third-order valence-corrected chi connectivity index (χ3v) is 3.06. The first-order valence-electron chi connectivity index (χ1n) is 5.08. The Kier molecular flexibility index (Phi) is 2.99. The van der Waals surface area contributed by atoms with Gasteiger partial charge in [0, 0.05) is 0 Å². The van der Waals surface area contributed by atoms with E-state index < -0.39 is 10.1 Å². The van der Waals surface area contributed by atoms with Crippen LogP contribution in [0.15, 0.2) is 18.2 Å². The van der Waals surface area contributed by atoms with Crippen LogP contribution in [0.25, 0.3) is 0 Å². The lowest BCUT2D eigenvalue weighted by Gasteiger charge is -2.05. The molecule has 0 aromatic heterocycles. The lowest BCUT2D eigenvalue weighted by molar-refractivity contribution is 0.311. The van der Waals surface area contributed by atoms with Crippen LogP contribution in [-0.4, -0.2) is 14.7 Å². The zero-order chi connectivity index (χ0) is 11.8. The van der Waals surface area contributed by atoms with Gasteiger partial charge in [-0.15, -0.1) is 0 Å². The van der Waals surface area contributed by atoms with Gasteiger partial charge < -0.3 is 0 Å². The van der Waals surface area contributed by atoms with Crippen LogP contribution >= 0.6 is 0 Å². The summed E-state index contributed by atoms with van der Waals surface area (Å²) in [4.78, 5) is 0. The molecule has 0 amide bonds. The summed E-state index contributed by atoms with van der Waals surface area (Å²) in [6, 6.07) is 4.61. The minimum atomic E-state index is -3.44. The molecule has 0 atom stereocenters. The van der Waals surface area contributed by atoms with E-state index in [-0.39, 0.29) is 12.4 Å². The first-order valence-corrected chi connectivity index (χ1v) is 6.90. The van der Waals surface area contributed by atoms with Crippen LogP contribution in [0.3, 0.4) is 0 Å². The second-order valence-electron chi connectivity index (χ2n) is 4.10. The predicted octanol–water partition coefficient (Wildman–Crippen LogP) is 2.18. The molecular weight excluding hydrogens is 231 g/mol. The van der Waals surface area contributed by atoms with Crippen LogP contribution in [0.2, 0.25) is 0 Å². The number of hydrogen-bond acceptors (Lipinski definition) is 3. The normalized spacial score (nSPS) is 16.4. The predicted molar refractivity (Wildman–Crippen MR) is 58.0 cm³/mol. The van der Waals surface area contributed by atoms with Gasteiger partial charge in [0.05, 0.1) is 12.9 Å². The molecule has 2 rings (SSSR count). The standard InChI is InChI=1S/C11H13FO3S/c1-16(13,14)15-7-8-2-5-11(12)10(6-8)9-3-4-9/h2,5-6,9H,3-4,7H2,1H3. The summed E-state index contributed by atoms with van der Waals surface area (Å²) in [7, 11) is -3.44. The first kappa shape index (κ1) is 11.5. The van der Waals surface area contributed by atoms with Crippen LogP contribution in [0.5, 0.6) is 0 Å². The first-order chi connectivity index (χ1) is 7.46. The molecule has 1 aliphatic carbocycles. The summed E-state index contributed by atoms with van der Waals surface area (Å²) >= 11 is 0. The second-order valence-corrected chi connectivity index (χ2v) is 5.74. The Bertz CT molecular complexity index is 492. The van der Waals surface area contributed by atoms with Crippen molar-refractivity contribution in [3.05, 3.63) is 35.1 Å².